The molecular weight excluding hydrogens is 306 g/mol. The first-order valence-corrected chi connectivity index (χ1v) is 7.83. The fourth-order valence-electron chi connectivity index (χ4n) is 2.47. The Morgan fingerprint density at radius 2 is 2.08 bits per heavy atom. The fourth-order valence-corrected chi connectivity index (χ4v) is 2.47. The Morgan fingerprint density at radius 1 is 1.33 bits per heavy atom. The number of ether oxygens (including phenoxy) is 1. The number of quaternary nitrogens is 1. The van der Waals surface area contributed by atoms with Gasteiger partial charge in [-0.1, -0.05) is 24.3 Å². The number of nitrogens with two attached hydrogens (primary N) is 2. The van der Waals surface area contributed by atoms with Crippen LogP contribution in [0.15, 0.2) is 36.4 Å². The third-order valence-electron chi connectivity index (χ3n) is 3.74. The third kappa shape index (κ3) is 4.60. The number of nitrogens with one attached hydrogen (secondary N) is 2. The summed E-state index contributed by atoms with van der Waals surface area (Å²) in [7, 11) is 1.62. The van der Waals surface area contributed by atoms with Crippen LogP contribution in [-0.4, -0.2) is 31.6 Å². The van der Waals surface area contributed by atoms with E-state index in [0.717, 1.165) is 22.9 Å². The molecule has 1 atom stereocenters. The lowest BCUT2D eigenvalue weighted by Gasteiger charge is -2.12. The number of anilines is 1. The number of amides is 1. The molecule has 2 aromatic carbocycles. The summed E-state index contributed by atoms with van der Waals surface area (Å²) in [6.45, 7) is 0.616. The predicted octanol–water partition coefficient (Wildman–Crippen LogP) is -1.47. The van der Waals surface area contributed by atoms with Gasteiger partial charge in [0.05, 0.1) is 13.7 Å². The summed E-state index contributed by atoms with van der Waals surface area (Å²) in [4.78, 5) is 15.1. The second-order valence-electron chi connectivity index (χ2n) is 5.61. The number of carbonyl (C=O) groups is 1. The van der Waals surface area contributed by atoms with E-state index in [0.29, 0.717) is 18.7 Å². The van der Waals surface area contributed by atoms with E-state index >= 15 is 0 Å². The van der Waals surface area contributed by atoms with Gasteiger partial charge in [-0.05, 0) is 17.9 Å². The van der Waals surface area contributed by atoms with Gasteiger partial charge in [0.25, 0.3) is 5.91 Å². The van der Waals surface area contributed by atoms with Crippen molar-refractivity contribution in [3.63, 3.8) is 0 Å². The second-order valence-corrected chi connectivity index (χ2v) is 5.61. The van der Waals surface area contributed by atoms with E-state index in [1.165, 1.54) is 0 Å². The second kappa shape index (κ2) is 8.16. The number of fused-ring (bicyclic) bond motifs is 1. The van der Waals surface area contributed by atoms with Crippen molar-refractivity contribution in [2.24, 2.45) is 11.5 Å². The van der Waals surface area contributed by atoms with Gasteiger partial charge in [0.1, 0.15) is 5.75 Å². The highest BCUT2D eigenvalue weighted by molar-refractivity contribution is 5.98. The van der Waals surface area contributed by atoms with Crippen LogP contribution in [0.4, 0.5) is 5.69 Å². The Morgan fingerprint density at radius 3 is 2.79 bits per heavy atom. The molecule has 0 aromatic heterocycles. The highest BCUT2D eigenvalue weighted by Gasteiger charge is 2.17. The standard InChI is InChI=1S/C17H23N5O2/c1-24-15-10-12(9-11-5-2-3-6-13(11)15)22-16(23)14(18)7-4-8-21-17(19)20/h2-3,5-6,9-10,14H,4,7-8,18H2,1H3,(H,22,23)(H4,19,20,21)/p+2. The lowest BCUT2D eigenvalue weighted by Crippen LogP contribution is -2.78. The summed E-state index contributed by atoms with van der Waals surface area (Å²) >= 11 is 0. The number of guanidine groups is 1. The first-order valence-electron chi connectivity index (χ1n) is 7.83. The van der Waals surface area contributed by atoms with E-state index in [-0.39, 0.29) is 17.9 Å². The van der Waals surface area contributed by atoms with E-state index in [2.05, 4.69) is 16.0 Å². The Balaban J connectivity index is 2.03. The van der Waals surface area contributed by atoms with Crippen molar-refractivity contribution >= 4 is 28.3 Å². The highest BCUT2D eigenvalue weighted by atomic mass is 16.5. The molecule has 7 heteroatoms. The molecule has 0 aliphatic carbocycles. The van der Waals surface area contributed by atoms with Crippen LogP contribution in [0.1, 0.15) is 12.8 Å². The van der Waals surface area contributed by atoms with Gasteiger partial charge in [0, 0.05) is 23.6 Å². The molecule has 0 heterocycles. The van der Waals surface area contributed by atoms with Crippen LogP contribution in [0.3, 0.4) is 0 Å². The van der Waals surface area contributed by atoms with Crippen LogP contribution < -0.4 is 32.2 Å². The largest absolute Gasteiger partial charge is 0.496 e. The number of carbonyl (C=O) groups excluding carboxylic acids is 1. The molecule has 0 spiro atoms. The van der Waals surface area contributed by atoms with Crippen molar-refractivity contribution in [3.05, 3.63) is 36.4 Å². The maximum atomic E-state index is 12.3. The summed E-state index contributed by atoms with van der Waals surface area (Å²) in [6, 6.07) is 11.3. The maximum Gasteiger partial charge on any atom is 0.338 e. The summed E-state index contributed by atoms with van der Waals surface area (Å²) in [5, 5.41) is 4.91. The smallest absolute Gasteiger partial charge is 0.338 e. The van der Waals surface area contributed by atoms with Crippen LogP contribution in [0.5, 0.6) is 5.75 Å². The maximum absolute atomic E-state index is 12.3. The first kappa shape index (κ1) is 17.6. The molecule has 9 N–H and O–H groups in total. The Labute approximate surface area is 140 Å². The van der Waals surface area contributed by atoms with Crippen molar-refractivity contribution in [2.45, 2.75) is 18.9 Å². The average Bonchev–Trinajstić information content (AvgIpc) is 2.57. The van der Waals surface area contributed by atoms with Gasteiger partial charge in [-0.3, -0.25) is 21.3 Å². The number of benzene rings is 2. The molecule has 0 radical (unpaired) electrons. The number of rotatable bonds is 7. The molecule has 2 rings (SSSR count). The molecule has 24 heavy (non-hydrogen) atoms. The zero-order valence-corrected chi connectivity index (χ0v) is 13.8. The minimum Gasteiger partial charge on any atom is -0.496 e. The number of methoxy groups -OCH3 is 1. The van der Waals surface area contributed by atoms with Crippen LogP contribution >= 0.6 is 0 Å². The molecule has 1 amide bonds. The zero-order valence-electron chi connectivity index (χ0n) is 13.8. The van der Waals surface area contributed by atoms with Gasteiger partial charge in [-0.2, -0.15) is 0 Å². The van der Waals surface area contributed by atoms with Gasteiger partial charge >= 0.3 is 5.96 Å². The fraction of sp³-hybridized carbons (Fsp3) is 0.294. The molecule has 128 valence electrons. The lowest BCUT2D eigenvalue weighted by atomic mass is 10.1. The van der Waals surface area contributed by atoms with Crippen LogP contribution in [0, 0.1) is 0 Å². The van der Waals surface area contributed by atoms with E-state index in [1.807, 2.05) is 36.4 Å². The van der Waals surface area contributed by atoms with E-state index in [4.69, 9.17) is 16.2 Å². The van der Waals surface area contributed by atoms with Crippen molar-refractivity contribution in [2.75, 3.05) is 19.0 Å². The first-order chi connectivity index (χ1) is 11.5. The normalized spacial score (nSPS) is 11.8. The molecule has 7 nitrogen and oxygen atoms in total. The quantitative estimate of drug-likeness (QED) is 0.241. The summed E-state index contributed by atoms with van der Waals surface area (Å²) < 4.78 is 5.41. The Bertz CT molecular complexity index is 741. The Hall–Kier alpha value is -2.80. The van der Waals surface area contributed by atoms with Crippen molar-refractivity contribution in [1.82, 2.24) is 0 Å². The Kier molecular flexibility index (Phi) is 5.97. The van der Waals surface area contributed by atoms with Gasteiger partial charge in [-0.25, -0.2) is 0 Å². The van der Waals surface area contributed by atoms with Gasteiger partial charge in [-0.15, -0.1) is 0 Å². The molecule has 2 aromatic rings. The number of hydrogen-bond donors (Lipinski definition) is 5. The van der Waals surface area contributed by atoms with Gasteiger partial charge < -0.3 is 15.8 Å². The van der Waals surface area contributed by atoms with Crippen LogP contribution in [-0.2, 0) is 4.79 Å². The highest BCUT2D eigenvalue weighted by Crippen LogP contribution is 2.29. The summed E-state index contributed by atoms with van der Waals surface area (Å²) in [6.07, 6.45) is 1.39. The molecule has 0 bridgehead atoms. The van der Waals surface area contributed by atoms with Gasteiger partial charge in [0.15, 0.2) is 6.04 Å². The average molecular weight is 331 g/mol. The SMILES string of the molecule is COc1cc(NC(=O)C([NH3+])CCC[NH+]=C(N)N)cc2ccccc12. The van der Waals surface area contributed by atoms with Gasteiger partial charge in [0.2, 0.25) is 0 Å². The van der Waals surface area contributed by atoms with E-state index in [9.17, 15) is 4.79 Å². The van der Waals surface area contributed by atoms with Crippen LogP contribution in [0.25, 0.3) is 10.8 Å². The molecule has 0 aliphatic heterocycles. The monoisotopic (exact) mass is 331 g/mol. The molecule has 0 aliphatic rings. The predicted molar refractivity (Wildman–Crippen MR) is 94.3 cm³/mol. The van der Waals surface area contributed by atoms with E-state index in [1.54, 1.807) is 7.11 Å². The molecular formula is C17H25N5O2+2. The molecule has 0 saturated carbocycles. The van der Waals surface area contributed by atoms with E-state index < -0.39 is 0 Å². The minimum atomic E-state index is -0.358. The summed E-state index contributed by atoms with van der Waals surface area (Å²) in [5.74, 6) is 0.780. The van der Waals surface area contributed by atoms with Crippen LogP contribution in [0.2, 0.25) is 0 Å². The minimum absolute atomic E-state index is 0.128. The third-order valence-corrected chi connectivity index (χ3v) is 3.74. The van der Waals surface area contributed by atoms with Crippen molar-refractivity contribution < 1.29 is 20.3 Å². The zero-order chi connectivity index (χ0) is 17.5. The number of hydrogen-bond acceptors (Lipinski definition) is 2. The molecule has 0 saturated heterocycles. The lowest BCUT2D eigenvalue weighted by molar-refractivity contribution is -0.463. The molecule has 1 unspecified atom stereocenters. The summed E-state index contributed by atoms with van der Waals surface area (Å²) in [5.41, 5.74) is 15.3. The topological polar surface area (TPSA) is 132 Å². The van der Waals surface area contributed by atoms with Crippen molar-refractivity contribution in [1.29, 1.82) is 0 Å². The molecule has 0 fully saturated rings. The van der Waals surface area contributed by atoms with Crippen molar-refractivity contribution in [3.8, 4) is 5.75 Å².